The highest BCUT2D eigenvalue weighted by molar-refractivity contribution is 5.95. The summed E-state index contributed by atoms with van der Waals surface area (Å²) in [4.78, 5) is 17.3. The van der Waals surface area contributed by atoms with Crippen molar-refractivity contribution in [3.8, 4) is 0 Å². The standard InChI is InChI=1S/C17H20N2O3/c1-11-6-5-7-12(2)16(11)19-17(20)14(4)22-18-10-15-9-8-13(3)21-15/h5-10,14H,1-4H3,(H,19,20). The number of rotatable bonds is 5. The monoisotopic (exact) mass is 300 g/mol. The molecule has 0 radical (unpaired) electrons. The van der Waals surface area contributed by atoms with Crippen LogP contribution in [0.25, 0.3) is 0 Å². The highest BCUT2D eigenvalue weighted by atomic mass is 16.6. The summed E-state index contributed by atoms with van der Waals surface area (Å²) in [5, 5.41) is 6.65. The van der Waals surface area contributed by atoms with Gasteiger partial charge in [-0.15, -0.1) is 0 Å². The third-order valence-corrected chi connectivity index (χ3v) is 3.26. The van der Waals surface area contributed by atoms with Crippen LogP contribution in [0.2, 0.25) is 0 Å². The molecule has 0 spiro atoms. The number of hydrogen-bond donors (Lipinski definition) is 1. The minimum atomic E-state index is -0.702. The van der Waals surface area contributed by atoms with Gasteiger partial charge < -0.3 is 14.6 Å². The highest BCUT2D eigenvalue weighted by Crippen LogP contribution is 2.19. The number of oxime groups is 1. The summed E-state index contributed by atoms with van der Waals surface area (Å²) in [6.07, 6.45) is 0.738. The fourth-order valence-electron chi connectivity index (χ4n) is 1.98. The number of carbonyl (C=O) groups excluding carboxylic acids is 1. The summed E-state index contributed by atoms with van der Waals surface area (Å²) in [5.41, 5.74) is 2.83. The second-order valence-corrected chi connectivity index (χ2v) is 5.19. The Balaban J connectivity index is 1.93. The first-order valence-electron chi connectivity index (χ1n) is 7.10. The maximum absolute atomic E-state index is 12.1. The summed E-state index contributed by atoms with van der Waals surface area (Å²) in [6, 6.07) is 9.47. The van der Waals surface area contributed by atoms with Crippen LogP contribution in [0.3, 0.4) is 0 Å². The number of anilines is 1. The molecule has 22 heavy (non-hydrogen) atoms. The van der Waals surface area contributed by atoms with Crippen molar-refractivity contribution >= 4 is 17.8 Å². The molecule has 1 unspecified atom stereocenters. The van der Waals surface area contributed by atoms with Gasteiger partial charge in [-0.2, -0.15) is 0 Å². The molecule has 5 heteroatoms. The first kappa shape index (κ1) is 15.8. The summed E-state index contributed by atoms with van der Waals surface area (Å²) in [5.74, 6) is 1.13. The van der Waals surface area contributed by atoms with Gasteiger partial charge in [-0.05, 0) is 51.0 Å². The highest BCUT2D eigenvalue weighted by Gasteiger charge is 2.16. The molecule has 1 amide bonds. The van der Waals surface area contributed by atoms with Crippen LogP contribution in [-0.2, 0) is 9.63 Å². The van der Waals surface area contributed by atoms with Gasteiger partial charge in [0.2, 0.25) is 6.10 Å². The number of para-hydroxylation sites is 1. The van der Waals surface area contributed by atoms with E-state index in [2.05, 4.69) is 10.5 Å². The average molecular weight is 300 g/mol. The Kier molecular flexibility index (Phi) is 4.99. The van der Waals surface area contributed by atoms with Gasteiger partial charge in [0.05, 0.1) is 0 Å². The Morgan fingerprint density at radius 1 is 1.23 bits per heavy atom. The van der Waals surface area contributed by atoms with E-state index in [4.69, 9.17) is 9.25 Å². The number of carbonyl (C=O) groups is 1. The largest absolute Gasteiger partial charge is 0.460 e. The van der Waals surface area contributed by atoms with E-state index < -0.39 is 6.10 Å². The van der Waals surface area contributed by atoms with Crippen LogP contribution in [0.15, 0.2) is 39.9 Å². The lowest BCUT2D eigenvalue weighted by molar-refractivity contribution is -0.126. The predicted octanol–water partition coefficient (Wildman–Crippen LogP) is 3.58. The molecule has 116 valence electrons. The Hall–Kier alpha value is -2.56. The van der Waals surface area contributed by atoms with E-state index in [-0.39, 0.29) is 5.91 Å². The number of amides is 1. The van der Waals surface area contributed by atoms with Crippen LogP contribution >= 0.6 is 0 Å². The number of nitrogens with one attached hydrogen (secondary N) is 1. The van der Waals surface area contributed by atoms with Crippen molar-refractivity contribution in [3.63, 3.8) is 0 Å². The van der Waals surface area contributed by atoms with Crippen molar-refractivity contribution in [1.82, 2.24) is 0 Å². The van der Waals surface area contributed by atoms with Crippen LogP contribution in [0, 0.1) is 20.8 Å². The molecule has 0 aliphatic rings. The first-order valence-corrected chi connectivity index (χ1v) is 7.10. The molecule has 0 saturated heterocycles. The van der Waals surface area contributed by atoms with Gasteiger partial charge in [-0.1, -0.05) is 23.4 Å². The van der Waals surface area contributed by atoms with E-state index in [1.807, 2.05) is 45.0 Å². The second kappa shape index (κ2) is 6.93. The maximum atomic E-state index is 12.1. The van der Waals surface area contributed by atoms with Crippen LogP contribution in [0.5, 0.6) is 0 Å². The Morgan fingerprint density at radius 2 is 1.91 bits per heavy atom. The molecule has 0 bridgehead atoms. The van der Waals surface area contributed by atoms with Crippen LogP contribution in [0.4, 0.5) is 5.69 Å². The summed E-state index contributed by atoms with van der Waals surface area (Å²) < 4.78 is 5.32. The van der Waals surface area contributed by atoms with Crippen molar-refractivity contribution in [2.45, 2.75) is 33.8 Å². The first-order chi connectivity index (χ1) is 10.5. The number of hydrogen-bond acceptors (Lipinski definition) is 4. The Bertz CT molecular complexity index is 669. The summed E-state index contributed by atoms with van der Waals surface area (Å²) >= 11 is 0. The summed E-state index contributed by atoms with van der Waals surface area (Å²) in [6.45, 7) is 7.39. The maximum Gasteiger partial charge on any atom is 0.268 e. The van der Waals surface area contributed by atoms with Gasteiger partial charge in [-0.3, -0.25) is 4.79 Å². The van der Waals surface area contributed by atoms with Crippen LogP contribution in [0.1, 0.15) is 29.6 Å². The molecular formula is C17H20N2O3. The van der Waals surface area contributed by atoms with Gasteiger partial charge in [0.15, 0.2) is 0 Å². The lowest BCUT2D eigenvalue weighted by atomic mass is 10.1. The molecule has 0 fully saturated rings. The lowest BCUT2D eigenvalue weighted by Gasteiger charge is -2.14. The molecule has 1 atom stereocenters. The van der Waals surface area contributed by atoms with Gasteiger partial charge >= 0.3 is 0 Å². The quantitative estimate of drug-likeness (QED) is 0.678. The van der Waals surface area contributed by atoms with E-state index in [0.717, 1.165) is 22.6 Å². The van der Waals surface area contributed by atoms with Gasteiger partial charge in [-0.25, -0.2) is 0 Å². The molecule has 5 nitrogen and oxygen atoms in total. The third-order valence-electron chi connectivity index (χ3n) is 3.26. The average Bonchev–Trinajstić information content (AvgIpc) is 2.88. The zero-order valence-corrected chi connectivity index (χ0v) is 13.2. The van der Waals surface area contributed by atoms with Gasteiger partial charge in [0, 0.05) is 5.69 Å². The molecule has 0 aliphatic carbocycles. The number of aryl methyl sites for hydroxylation is 3. The van der Waals surface area contributed by atoms with Crippen LogP contribution < -0.4 is 5.32 Å². The molecule has 1 aromatic heterocycles. The molecule has 1 aromatic carbocycles. The predicted molar refractivity (Wildman–Crippen MR) is 86.1 cm³/mol. The second-order valence-electron chi connectivity index (χ2n) is 5.19. The number of nitrogens with zero attached hydrogens (tertiary/aromatic N) is 1. The van der Waals surface area contributed by atoms with Gasteiger partial charge in [0.1, 0.15) is 17.7 Å². The fraction of sp³-hybridized carbons (Fsp3) is 0.294. The number of furan rings is 1. The SMILES string of the molecule is Cc1ccc(C=NOC(C)C(=O)Nc2c(C)cccc2C)o1. The molecule has 1 heterocycles. The minimum absolute atomic E-state index is 0.245. The van der Waals surface area contributed by atoms with Crippen molar-refractivity contribution in [1.29, 1.82) is 0 Å². The van der Waals surface area contributed by atoms with E-state index in [0.29, 0.717) is 5.76 Å². The van der Waals surface area contributed by atoms with Crippen molar-refractivity contribution in [2.24, 2.45) is 5.16 Å². The van der Waals surface area contributed by atoms with E-state index >= 15 is 0 Å². The Labute approximate surface area is 130 Å². The molecule has 2 aromatic rings. The zero-order valence-electron chi connectivity index (χ0n) is 13.2. The normalized spacial score (nSPS) is 12.4. The molecular weight excluding hydrogens is 280 g/mol. The smallest absolute Gasteiger partial charge is 0.268 e. The molecule has 1 N–H and O–H groups in total. The van der Waals surface area contributed by atoms with Crippen molar-refractivity contribution in [3.05, 3.63) is 53.0 Å². The minimum Gasteiger partial charge on any atom is -0.460 e. The van der Waals surface area contributed by atoms with Crippen molar-refractivity contribution in [2.75, 3.05) is 5.32 Å². The third kappa shape index (κ3) is 3.97. The topological polar surface area (TPSA) is 63.8 Å². The van der Waals surface area contributed by atoms with E-state index in [1.165, 1.54) is 6.21 Å². The number of benzene rings is 1. The fourth-order valence-corrected chi connectivity index (χ4v) is 1.98. The Morgan fingerprint density at radius 3 is 2.50 bits per heavy atom. The molecule has 2 rings (SSSR count). The van der Waals surface area contributed by atoms with E-state index in [9.17, 15) is 4.79 Å². The van der Waals surface area contributed by atoms with Crippen LogP contribution in [-0.4, -0.2) is 18.2 Å². The van der Waals surface area contributed by atoms with Gasteiger partial charge in [0.25, 0.3) is 5.91 Å². The lowest BCUT2D eigenvalue weighted by Crippen LogP contribution is -2.27. The zero-order chi connectivity index (χ0) is 16.1. The molecule has 0 aliphatic heterocycles. The molecule has 0 saturated carbocycles. The summed E-state index contributed by atoms with van der Waals surface area (Å²) in [7, 11) is 0. The van der Waals surface area contributed by atoms with E-state index in [1.54, 1.807) is 13.0 Å². The van der Waals surface area contributed by atoms with Crippen molar-refractivity contribution < 1.29 is 14.0 Å².